The normalized spacial score (nSPS) is 11.6. The third-order valence-corrected chi connectivity index (χ3v) is 2.87. The van der Waals surface area contributed by atoms with Crippen molar-refractivity contribution >= 4 is 28.1 Å². The van der Waals surface area contributed by atoms with Crippen molar-refractivity contribution < 1.29 is 4.74 Å². The summed E-state index contributed by atoms with van der Waals surface area (Å²) in [5.41, 5.74) is 8.04. The number of fused-ring (bicyclic) bond motifs is 1. The first-order chi connectivity index (χ1) is 8.76. The minimum atomic E-state index is -0.215. The van der Waals surface area contributed by atoms with E-state index >= 15 is 0 Å². The molecular formula is C15H18N2OS. The summed E-state index contributed by atoms with van der Waals surface area (Å²) >= 11 is 4.97. The van der Waals surface area contributed by atoms with Gasteiger partial charge in [0.25, 0.3) is 0 Å². The lowest BCUT2D eigenvalue weighted by atomic mass is 10.1. The van der Waals surface area contributed by atoms with E-state index in [4.69, 9.17) is 22.7 Å². The van der Waals surface area contributed by atoms with Crippen LogP contribution in [-0.4, -0.2) is 15.6 Å². The minimum absolute atomic E-state index is 0.215. The molecule has 2 N–H and O–H groups in total. The Hall–Kier alpha value is -1.68. The molecule has 2 rings (SSSR count). The van der Waals surface area contributed by atoms with Gasteiger partial charge in [-0.1, -0.05) is 12.2 Å². The molecular weight excluding hydrogens is 256 g/mol. The van der Waals surface area contributed by atoms with E-state index in [1.807, 2.05) is 52.0 Å². The lowest BCUT2D eigenvalue weighted by molar-refractivity contribution is 0.131. The molecule has 0 aliphatic carbocycles. The average molecular weight is 274 g/mol. The molecule has 1 aromatic heterocycles. The summed E-state index contributed by atoms with van der Waals surface area (Å²) in [6, 6.07) is 7.77. The molecule has 0 bridgehead atoms. The number of hydrogen-bond acceptors (Lipinski definition) is 3. The smallest absolute Gasteiger partial charge is 0.122 e. The molecule has 0 amide bonds. The van der Waals surface area contributed by atoms with Crippen LogP contribution in [0, 0.1) is 6.92 Å². The van der Waals surface area contributed by atoms with Gasteiger partial charge in [0.15, 0.2) is 0 Å². The van der Waals surface area contributed by atoms with Gasteiger partial charge >= 0.3 is 0 Å². The monoisotopic (exact) mass is 274 g/mol. The molecule has 0 saturated carbocycles. The van der Waals surface area contributed by atoms with Crippen molar-refractivity contribution in [1.29, 1.82) is 0 Å². The Labute approximate surface area is 118 Å². The summed E-state index contributed by atoms with van der Waals surface area (Å²) < 4.78 is 5.86. The number of aromatic nitrogens is 1. The molecule has 0 saturated heterocycles. The van der Waals surface area contributed by atoms with Gasteiger partial charge in [0.05, 0.1) is 11.2 Å². The highest BCUT2D eigenvalue weighted by molar-refractivity contribution is 7.80. The fourth-order valence-electron chi connectivity index (χ4n) is 1.92. The topological polar surface area (TPSA) is 48.1 Å². The van der Waals surface area contributed by atoms with Crippen molar-refractivity contribution in [2.24, 2.45) is 5.73 Å². The zero-order chi connectivity index (χ0) is 14.2. The number of rotatable bonds is 2. The minimum Gasteiger partial charge on any atom is -0.488 e. The van der Waals surface area contributed by atoms with Crippen molar-refractivity contribution in [3.05, 3.63) is 35.5 Å². The SMILES string of the molecule is Cc1cc(C(N)=S)nc2ccc(OC(C)(C)C)cc12. The second-order valence-corrected chi connectivity index (χ2v) is 6.02. The Kier molecular flexibility index (Phi) is 3.45. The van der Waals surface area contributed by atoms with E-state index in [-0.39, 0.29) is 5.60 Å². The second kappa shape index (κ2) is 4.78. The zero-order valence-electron chi connectivity index (χ0n) is 11.7. The second-order valence-electron chi connectivity index (χ2n) is 5.58. The van der Waals surface area contributed by atoms with Crippen LogP contribution in [0.2, 0.25) is 0 Å². The van der Waals surface area contributed by atoms with Crippen LogP contribution >= 0.6 is 12.2 Å². The predicted octanol–water partition coefficient (Wildman–Crippen LogP) is 3.35. The number of nitrogens with zero attached hydrogens (tertiary/aromatic N) is 1. The third kappa shape index (κ3) is 3.20. The van der Waals surface area contributed by atoms with Gasteiger partial charge in [-0.25, -0.2) is 4.98 Å². The summed E-state index contributed by atoms with van der Waals surface area (Å²) in [5, 5.41) is 1.06. The van der Waals surface area contributed by atoms with Crippen molar-refractivity contribution in [2.75, 3.05) is 0 Å². The fourth-order valence-corrected chi connectivity index (χ4v) is 2.02. The largest absolute Gasteiger partial charge is 0.488 e. The Bertz CT molecular complexity index is 644. The maximum atomic E-state index is 5.86. The maximum Gasteiger partial charge on any atom is 0.122 e. The lowest BCUT2D eigenvalue weighted by Crippen LogP contribution is -2.22. The van der Waals surface area contributed by atoms with E-state index in [1.54, 1.807) is 0 Å². The van der Waals surface area contributed by atoms with E-state index in [1.165, 1.54) is 0 Å². The van der Waals surface area contributed by atoms with Crippen LogP contribution in [0.1, 0.15) is 32.0 Å². The maximum absolute atomic E-state index is 5.86. The summed E-state index contributed by atoms with van der Waals surface area (Å²) in [6.07, 6.45) is 0. The highest BCUT2D eigenvalue weighted by Gasteiger charge is 2.13. The van der Waals surface area contributed by atoms with Crippen molar-refractivity contribution in [3.8, 4) is 5.75 Å². The number of pyridine rings is 1. The van der Waals surface area contributed by atoms with Gasteiger partial charge in [0.1, 0.15) is 16.3 Å². The van der Waals surface area contributed by atoms with Gasteiger partial charge in [0, 0.05) is 5.39 Å². The molecule has 3 nitrogen and oxygen atoms in total. The van der Waals surface area contributed by atoms with E-state index in [0.29, 0.717) is 10.7 Å². The van der Waals surface area contributed by atoms with Crippen LogP contribution in [0.4, 0.5) is 0 Å². The number of thiocarbonyl (C=S) groups is 1. The quantitative estimate of drug-likeness (QED) is 0.853. The number of benzene rings is 1. The number of ether oxygens (including phenoxy) is 1. The van der Waals surface area contributed by atoms with Gasteiger partial charge in [-0.05, 0) is 57.5 Å². The van der Waals surface area contributed by atoms with Crippen LogP contribution in [0.5, 0.6) is 5.75 Å². The van der Waals surface area contributed by atoms with Crippen molar-refractivity contribution in [2.45, 2.75) is 33.3 Å². The molecule has 0 aliphatic rings. The highest BCUT2D eigenvalue weighted by Crippen LogP contribution is 2.25. The number of hydrogen-bond donors (Lipinski definition) is 1. The van der Waals surface area contributed by atoms with Crippen LogP contribution in [0.15, 0.2) is 24.3 Å². The highest BCUT2D eigenvalue weighted by atomic mass is 32.1. The Morgan fingerprint density at radius 1 is 1.26 bits per heavy atom. The Morgan fingerprint density at radius 3 is 2.53 bits per heavy atom. The standard InChI is InChI=1S/C15H18N2OS/c1-9-7-13(14(16)19)17-12-6-5-10(8-11(9)12)18-15(2,3)4/h5-8H,1-4H3,(H2,16,19). The molecule has 0 unspecified atom stereocenters. The van der Waals surface area contributed by atoms with Gasteiger partial charge in [-0.3, -0.25) is 0 Å². The predicted molar refractivity (Wildman–Crippen MR) is 82.7 cm³/mol. The molecule has 0 aliphatic heterocycles. The Morgan fingerprint density at radius 2 is 1.95 bits per heavy atom. The number of aryl methyl sites for hydroxylation is 1. The third-order valence-electron chi connectivity index (χ3n) is 2.66. The molecule has 0 fully saturated rings. The van der Waals surface area contributed by atoms with E-state index < -0.39 is 0 Å². The van der Waals surface area contributed by atoms with Gasteiger partial charge in [0.2, 0.25) is 0 Å². The Balaban J connectivity index is 2.52. The first-order valence-corrected chi connectivity index (χ1v) is 6.57. The first kappa shape index (κ1) is 13.7. The molecule has 0 atom stereocenters. The van der Waals surface area contributed by atoms with Crippen LogP contribution in [-0.2, 0) is 0 Å². The summed E-state index contributed by atoms with van der Waals surface area (Å²) in [7, 11) is 0. The summed E-state index contributed by atoms with van der Waals surface area (Å²) in [4.78, 5) is 4.77. The first-order valence-electron chi connectivity index (χ1n) is 6.16. The molecule has 0 radical (unpaired) electrons. The van der Waals surface area contributed by atoms with Crippen molar-refractivity contribution in [3.63, 3.8) is 0 Å². The number of nitrogens with two attached hydrogens (primary N) is 1. The molecule has 2 aromatic rings. The van der Waals surface area contributed by atoms with Gasteiger partial charge < -0.3 is 10.5 Å². The molecule has 4 heteroatoms. The van der Waals surface area contributed by atoms with Crippen molar-refractivity contribution in [1.82, 2.24) is 4.98 Å². The van der Waals surface area contributed by atoms with E-state index in [9.17, 15) is 0 Å². The summed E-state index contributed by atoms with van der Waals surface area (Å²) in [5.74, 6) is 0.841. The van der Waals surface area contributed by atoms with Gasteiger partial charge in [-0.15, -0.1) is 0 Å². The molecule has 1 heterocycles. The average Bonchev–Trinajstić information content (AvgIpc) is 2.27. The molecule has 0 spiro atoms. The molecule has 1 aromatic carbocycles. The van der Waals surface area contributed by atoms with Crippen LogP contribution in [0.25, 0.3) is 10.9 Å². The lowest BCUT2D eigenvalue weighted by Gasteiger charge is -2.21. The fraction of sp³-hybridized carbons (Fsp3) is 0.333. The van der Waals surface area contributed by atoms with E-state index in [2.05, 4.69) is 4.98 Å². The molecule has 100 valence electrons. The molecule has 19 heavy (non-hydrogen) atoms. The van der Waals surface area contributed by atoms with Crippen LogP contribution in [0.3, 0.4) is 0 Å². The van der Waals surface area contributed by atoms with Crippen LogP contribution < -0.4 is 10.5 Å². The zero-order valence-corrected chi connectivity index (χ0v) is 12.5. The van der Waals surface area contributed by atoms with E-state index in [0.717, 1.165) is 22.2 Å². The summed E-state index contributed by atoms with van der Waals surface area (Å²) in [6.45, 7) is 8.10. The van der Waals surface area contributed by atoms with Gasteiger partial charge in [-0.2, -0.15) is 0 Å².